The highest BCUT2D eigenvalue weighted by atomic mass is 16.5. The Bertz CT molecular complexity index is 1360. The molecule has 182 valence electrons. The van der Waals surface area contributed by atoms with Crippen LogP contribution in [0.5, 0.6) is 5.75 Å². The van der Waals surface area contributed by atoms with Gasteiger partial charge in [-0.15, -0.1) is 0 Å². The zero-order valence-corrected chi connectivity index (χ0v) is 19.6. The second-order valence-electron chi connectivity index (χ2n) is 8.36. The Morgan fingerprint density at radius 3 is 2.77 bits per heavy atom. The van der Waals surface area contributed by atoms with Crippen LogP contribution in [-0.2, 0) is 22.4 Å². The third-order valence-electron chi connectivity index (χ3n) is 6.09. The van der Waals surface area contributed by atoms with Gasteiger partial charge in [-0.3, -0.25) is 14.6 Å². The Balaban J connectivity index is 0.000000917. The zero-order chi connectivity index (χ0) is 24.9. The summed E-state index contributed by atoms with van der Waals surface area (Å²) >= 11 is 0. The third-order valence-corrected chi connectivity index (χ3v) is 6.09. The predicted molar refractivity (Wildman–Crippen MR) is 133 cm³/mol. The third kappa shape index (κ3) is 5.03. The first-order chi connectivity index (χ1) is 16.9. The largest absolute Gasteiger partial charge is 0.483 e. The molecule has 1 aliphatic carbocycles. The number of rotatable bonds is 5. The smallest absolute Gasteiger partial charge is 0.339 e. The summed E-state index contributed by atoms with van der Waals surface area (Å²) in [5.74, 6) is 1.10. The zero-order valence-electron chi connectivity index (χ0n) is 19.6. The molecule has 2 heterocycles. The summed E-state index contributed by atoms with van der Waals surface area (Å²) in [6.07, 6.45) is 1.89. The second-order valence-corrected chi connectivity index (χ2v) is 8.36. The lowest BCUT2D eigenvalue weighted by Crippen LogP contribution is -2.30. The van der Waals surface area contributed by atoms with Gasteiger partial charge in [-0.25, -0.2) is 4.79 Å². The summed E-state index contributed by atoms with van der Waals surface area (Å²) in [5, 5.41) is 14.0. The van der Waals surface area contributed by atoms with Crippen LogP contribution in [0.4, 0.5) is 5.69 Å². The lowest BCUT2D eigenvalue weighted by Gasteiger charge is -2.17. The van der Waals surface area contributed by atoms with Crippen LogP contribution in [0.3, 0.4) is 0 Å². The fourth-order valence-electron chi connectivity index (χ4n) is 4.41. The number of amidine groups is 1. The van der Waals surface area contributed by atoms with Crippen LogP contribution in [0.1, 0.15) is 35.6 Å². The Labute approximate surface area is 201 Å². The van der Waals surface area contributed by atoms with Crippen LogP contribution in [0, 0.1) is 6.92 Å². The van der Waals surface area contributed by atoms with Gasteiger partial charge >= 0.3 is 5.63 Å². The van der Waals surface area contributed by atoms with Gasteiger partial charge in [-0.05, 0) is 62.9 Å². The van der Waals surface area contributed by atoms with Crippen molar-refractivity contribution in [2.24, 2.45) is 4.99 Å². The van der Waals surface area contributed by atoms with Crippen LogP contribution < -0.4 is 21.0 Å². The van der Waals surface area contributed by atoms with Gasteiger partial charge in [-0.2, -0.15) is 0 Å². The molecule has 35 heavy (non-hydrogen) atoms. The van der Waals surface area contributed by atoms with E-state index in [0.29, 0.717) is 17.0 Å². The molecule has 0 bridgehead atoms. The number of hydrogen-bond donors (Lipinski definition) is 3. The molecular weight excluding hydrogens is 450 g/mol. The number of carbonyl (C=O) groups is 2. The summed E-state index contributed by atoms with van der Waals surface area (Å²) in [6.45, 7) is 4.88. The molecule has 3 N–H and O–H groups in total. The number of aryl methyl sites for hydroxylation is 2. The number of aliphatic imine (C=N–C) groups is 1. The number of amides is 1. The number of carbonyl (C=O) groups excluding carboxylic acids is 1. The molecule has 2 aliphatic rings. The molecule has 0 saturated carbocycles. The molecule has 0 saturated heterocycles. The molecule has 9 nitrogen and oxygen atoms in total. The number of hydrogen-bond acceptors (Lipinski definition) is 7. The highest BCUT2D eigenvalue weighted by Gasteiger charge is 2.23. The van der Waals surface area contributed by atoms with Crippen LogP contribution in [0.2, 0.25) is 0 Å². The van der Waals surface area contributed by atoms with Gasteiger partial charge in [-0.1, -0.05) is 12.1 Å². The summed E-state index contributed by atoms with van der Waals surface area (Å²) in [6, 6.07) is 11.3. The van der Waals surface area contributed by atoms with Gasteiger partial charge in [0.15, 0.2) is 6.10 Å². The lowest BCUT2D eigenvalue weighted by molar-refractivity contribution is -0.123. The lowest BCUT2D eigenvalue weighted by atomic mass is 10.0. The van der Waals surface area contributed by atoms with E-state index in [9.17, 15) is 9.59 Å². The molecule has 1 unspecified atom stereocenters. The van der Waals surface area contributed by atoms with Crippen molar-refractivity contribution >= 4 is 34.9 Å². The summed E-state index contributed by atoms with van der Waals surface area (Å²) < 4.78 is 11.6. The van der Waals surface area contributed by atoms with Gasteiger partial charge in [0.1, 0.15) is 17.2 Å². The van der Waals surface area contributed by atoms with E-state index >= 15 is 0 Å². The van der Waals surface area contributed by atoms with E-state index in [-0.39, 0.29) is 18.0 Å². The molecule has 9 heteroatoms. The van der Waals surface area contributed by atoms with Crippen molar-refractivity contribution in [3.63, 3.8) is 0 Å². The van der Waals surface area contributed by atoms with Gasteiger partial charge in [0.25, 0.3) is 12.4 Å². The standard InChI is InChI=1S/C25H25N3O4.CH2O2/c1-14-21(10-9-19-18-7-4-8-20(18)25(30)32-22(14)19)31-15(2)24(29)28-17-6-3-5-16(13-17)23-26-11-12-27-23;2-1-3/h3,5-6,9-10,13,15H,4,7-8,11-12H2,1-2H3,(H,26,27)(H,28,29);1H,(H,2,3). The minimum Gasteiger partial charge on any atom is -0.483 e. The van der Waals surface area contributed by atoms with E-state index in [0.717, 1.165) is 65.8 Å². The van der Waals surface area contributed by atoms with Crippen molar-refractivity contribution in [1.29, 1.82) is 0 Å². The molecule has 1 aromatic heterocycles. The molecule has 3 aromatic rings. The van der Waals surface area contributed by atoms with E-state index < -0.39 is 6.10 Å². The highest BCUT2D eigenvalue weighted by molar-refractivity contribution is 6.01. The molecule has 2 aromatic carbocycles. The van der Waals surface area contributed by atoms with Crippen molar-refractivity contribution in [3.05, 3.63) is 69.1 Å². The predicted octanol–water partition coefficient (Wildman–Crippen LogP) is 3.05. The van der Waals surface area contributed by atoms with E-state index in [1.807, 2.05) is 43.3 Å². The topological polar surface area (TPSA) is 130 Å². The van der Waals surface area contributed by atoms with Gasteiger partial charge in [0.2, 0.25) is 0 Å². The SMILES string of the molecule is Cc1c(OC(C)C(=O)Nc2cccc(C3=NCCN3)c2)ccc2c3c(c(=O)oc12)CCC3.O=CO. The molecule has 1 amide bonds. The molecule has 1 atom stereocenters. The Morgan fingerprint density at radius 2 is 2.03 bits per heavy atom. The van der Waals surface area contributed by atoms with Gasteiger partial charge < -0.3 is 24.9 Å². The van der Waals surface area contributed by atoms with Crippen LogP contribution in [0.15, 0.2) is 50.6 Å². The van der Waals surface area contributed by atoms with Gasteiger partial charge in [0, 0.05) is 34.3 Å². The molecule has 1 aliphatic heterocycles. The maximum Gasteiger partial charge on any atom is 0.339 e. The van der Waals surface area contributed by atoms with Crippen molar-refractivity contribution < 1.29 is 23.8 Å². The van der Waals surface area contributed by atoms with E-state index in [2.05, 4.69) is 15.6 Å². The molecule has 0 radical (unpaired) electrons. The number of carboxylic acid groups (broad SMARTS) is 1. The van der Waals surface area contributed by atoms with E-state index in [1.54, 1.807) is 6.92 Å². The fraction of sp³-hybridized carbons (Fsp3) is 0.308. The number of nitrogens with one attached hydrogen (secondary N) is 2. The fourth-order valence-corrected chi connectivity index (χ4v) is 4.41. The van der Waals surface area contributed by atoms with Crippen LogP contribution >= 0.6 is 0 Å². The maximum atomic E-state index is 12.8. The van der Waals surface area contributed by atoms with Crippen molar-refractivity contribution in [2.45, 2.75) is 39.2 Å². The number of fused-ring (bicyclic) bond motifs is 3. The summed E-state index contributed by atoms with van der Waals surface area (Å²) in [5.41, 5.74) is 4.48. The number of nitrogens with zero attached hydrogens (tertiary/aromatic N) is 1. The molecule has 0 fully saturated rings. The maximum absolute atomic E-state index is 12.8. The normalized spacial score (nSPS) is 14.7. The van der Waals surface area contributed by atoms with Crippen molar-refractivity contribution in [1.82, 2.24) is 5.32 Å². The highest BCUT2D eigenvalue weighted by Crippen LogP contribution is 2.33. The van der Waals surface area contributed by atoms with Crippen LogP contribution in [0.25, 0.3) is 11.0 Å². The van der Waals surface area contributed by atoms with E-state index in [4.69, 9.17) is 19.1 Å². The minimum atomic E-state index is -0.738. The number of benzene rings is 2. The van der Waals surface area contributed by atoms with Crippen LogP contribution in [-0.4, -0.2) is 42.5 Å². The summed E-state index contributed by atoms with van der Waals surface area (Å²) in [7, 11) is 0. The van der Waals surface area contributed by atoms with Crippen molar-refractivity contribution in [2.75, 3.05) is 18.4 Å². The average Bonchev–Trinajstić information content (AvgIpc) is 3.55. The number of anilines is 1. The molecule has 5 rings (SSSR count). The Morgan fingerprint density at radius 1 is 1.26 bits per heavy atom. The first-order valence-electron chi connectivity index (χ1n) is 11.4. The average molecular weight is 478 g/mol. The van der Waals surface area contributed by atoms with Gasteiger partial charge in [0.05, 0.1) is 6.54 Å². The Kier molecular flexibility index (Phi) is 7.14. The minimum absolute atomic E-state index is 0.250. The summed E-state index contributed by atoms with van der Waals surface area (Å²) in [4.78, 5) is 37.9. The quantitative estimate of drug-likeness (QED) is 0.380. The monoisotopic (exact) mass is 477 g/mol. The first kappa shape index (κ1) is 24.0. The molecule has 0 spiro atoms. The molecular formula is C26H27N3O6. The second kappa shape index (κ2) is 10.4. The Hall–Kier alpha value is -4.14. The van der Waals surface area contributed by atoms with Crippen molar-refractivity contribution in [3.8, 4) is 5.75 Å². The first-order valence-corrected chi connectivity index (χ1v) is 11.4. The number of ether oxygens (including phenoxy) is 1. The van der Waals surface area contributed by atoms with E-state index in [1.165, 1.54) is 0 Å².